The number of carbonyl (C=O) groups excluding carboxylic acids is 2. The van der Waals surface area contributed by atoms with Crippen LogP contribution in [0.2, 0.25) is 0 Å². The van der Waals surface area contributed by atoms with Crippen LogP contribution in [0.3, 0.4) is 0 Å². The maximum atomic E-state index is 13.4. The van der Waals surface area contributed by atoms with Crippen LogP contribution < -0.4 is 15.1 Å². The van der Waals surface area contributed by atoms with Crippen molar-refractivity contribution in [1.82, 2.24) is 30.3 Å². The third-order valence-electron chi connectivity index (χ3n) is 5.52. The van der Waals surface area contributed by atoms with Crippen molar-refractivity contribution in [3.8, 4) is 5.69 Å². The molecule has 2 aromatic heterocycles. The van der Waals surface area contributed by atoms with Crippen molar-refractivity contribution in [3.05, 3.63) is 47.9 Å². The number of aromatic nitrogens is 5. The number of anilines is 2. The number of rotatable bonds is 5. The number of nitrogens with zero attached hydrogens (tertiary/aromatic N) is 7. The molecule has 0 spiro atoms. The summed E-state index contributed by atoms with van der Waals surface area (Å²) in [6.45, 7) is 8.47. The highest BCUT2D eigenvalue weighted by Crippen LogP contribution is 2.28. The molecular formula is C24H30N8O3S. The molecule has 190 valence electrons. The quantitative estimate of drug-likeness (QED) is 0.406. The SMILES string of the molecule is CSc1ncc2c(n1)N(C)CCN(c1cccc(-n3cc(C(C)OC(=O)NC(C)(C)C)nn3)c1)C2=O. The third kappa shape index (κ3) is 5.59. The Balaban J connectivity index is 1.55. The fraction of sp³-hybridized carbons (Fsp3) is 0.417. The molecule has 36 heavy (non-hydrogen) atoms. The molecule has 1 N–H and O–H groups in total. The van der Waals surface area contributed by atoms with Crippen molar-refractivity contribution >= 4 is 35.3 Å². The lowest BCUT2D eigenvalue weighted by Gasteiger charge is -2.21. The van der Waals surface area contributed by atoms with E-state index >= 15 is 0 Å². The first-order valence-electron chi connectivity index (χ1n) is 11.5. The van der Waals surface area contributed by atoms with E-state index in [1.165, 1.54) is 11.8 Å². The van der Waals surface area contributed by atoms with Crippen LogP contribution in [0.4, 0.5) is 16.3 Å². The van der Waals surface area contributed by atoms with Gasteiger partial charge in [0, 0.05) is 37.6 Å². The fourth-order valence-corrected chi connectivity index (χ4v) is 4.03. The molecule has 11 nitrogen and oxygen atoms in total. The molecule has 3 aromatic rings. The first kappa shape index (κ1) is 25.4. The van der Waals surface area contributed by atoms with E-state index in [2.05, 4.69) is 25.6 Å². The molecule has 0 radical (unpaired) electrons. The number of hydrogen-bond donors (Lipinski definition) is 1. The van der Waals surface area contributed by atoms with Crippen molar-refractivity contribution in [2.24, 2.45) is 0 Å². The molecule has 0 aliphatic carbocycles. The van der Waals surface area contributed by atoms with E-state index in [0.717, 1.165) is 11.4 Å². The number of alkyl carbamates (subject to hydrolysis) is 1. The van der Waals surface area contributed by atoms with Gasteiger partial charge in [0.2, 0.25) is 0 Å². The maximum Gasteiger partial charge on any atom is 0.408 e. The highest BCUT2D eigenvalue weighted by atomic mass is 32.2. The minimum absolute atomic E-state index is 0.162. The standard InChI is InChI=1S/C24H30N8O3S/c1-15(35-23(34)27-24(2,3)4)19-14-32(29-28-19)17-9-7-8-16(12-17)31-11-10-30(5)20-18(21(31)33)13-25-22(26-20)36-6/h7-9,12-15H,10-11H2,1-6H3,(H,27,34). The lowest BCUT2D eigenvalue weighted by Crippen LogP contribution is -2.41. The number of likely N-dealkylation sites (N-methyl/N-ethyl adjacent to an activating group) is 1. The van der Waals surface area contributed by atoms with E-state index in [4.69, 9.17) is 4.74 Å². The van der Waals surface area contributed by atoms with Crippen LogP contribution in [0.5, 0.6) is 0 Å². The predicted molar refractivity (Wildman–Crippen MR) is 138 cm³/mol. The van der Waals surface area contributed by atoms with E-state index < -0.39 is 17.7 Å². The zero-order valence-corrected chi connectivity index (χ0v) is 22.0. The fourth-order valence-electron chi connectivity index (χ4n) is 3.70. The molecule has 1 aliphatic rings. The van der Waals surface area contributed by atoms with Crippen LogP contribution in [0, 0.1) is 0 Å². The number of thioether (sulfide) groups is 1. The number of ether oxygens (including phenoxy) is 1. The summed E-state index contributed by atoms with van der Waals surface area (Å²) in [6.07, 6.45) is 4.09. The number of hydrogen-bond acceptors (Lipinski definition) is 9. The first-order chi connectivity index (χ1) is 17.1. The Labute approximate surface area is 214 Å². The summed E-state index contributed by atoms with van der Waals surface area (Å²) >= 11 is 1.44. The van der Waals surface area contributed by atoms with Gasteiger partial charge in [-0.25, -0.2) is 19.4 Å². The smallest absolute Gasteiger partial charge is 0.408 e. The summed E-state index contributed by atoms with van der Waals surface area (Å²) in [5.74, 6) is 0.466. The molecule has 0 fully saturated rings. The number of carbonyl (C=O) groups is 2. The summed E-state index contributed by atoms with van der Waals surface area (Å²) in [5, 5.41) is 11.8. The monoisotopic (exact) mass is 510 g/mol. The second-order valence-corrected chi connectivity index (χ2v) is 10.3. The second kappa shape index (κ2) is 10.1. The topological polar surface area (TPSA) is 118 Å². The molecule has 1 unspecified atom stereocenters. The summed E-state index contributed by atoms with van der Waals surface area (Å²) < 4.78 is 7.03. The van der Waals surface area contributed by atoms with Gasteiger partial charge in [0.1, 0.15) is 23.2 Å². The summed E-state index contributed by atoms with van der Waals surface area (Å²) in [4.78, 5) is 38.1. The Hall–Kier alpha value is -3.67. The van der Waals surface area contributed by atoms with Crippen molar-refractivity contribution in [1.29, 1.82) is 0 Å². The average molecular weight is 511 g/mol. The van der Waals surface area contributed by atoms with Gasteiger partial charge in [0.25, 0.3) is 5.91 Å². The highest BCUT2D eigenvalue weighted by Gasteiger charge is 2.28. The maximum absolute atomic E-state index is 13.4. The van der Waals surface area contributed by atoms with Gasteiger partial charge < -0.3 is 19.9 Å². The number of nitrogens with one attached hydrogen (secondary N) is 1. The molecule has 0 saturated carbocycles. The van der Waals surface area contributed by atoms with Gasteiger partial charge in [-0.1, -0.05) is 23.0 Å². The number of fused-ring (bicyclic) bond motifs is 1. The molecule has 2 amide bonds. The highest BCUT2D eigenvalue weighted by molar-refractivity contribution is 7.98. The minimum Gasteiger partial charge on any atom is -0.440 e. The van der Waals surface area contributed by atoms with Crippen LogP contribution >= 0.6 is 11.8 Å². The van der Waals surface area contributed by atoms with Gasteiger partial charge >= 0.3 is 6.09 Å². The first-order valence-corrected chi connectivity index (χ1v) is 12.7. The summed E-state index contributed by atoms with van der Waals surface area (Å²) in [6, 6.07) is 7.48. The Bertz CT molecular complexity index is 1270. The van der Waals surface area contributed by atoms with Crippen molar-refractivity contribution in [3.63, 3.8) is 0 Å². The third-order valence-corrected chi connectivity index (χ3v) is 6.08. The minimum atomic E-state index is -0.588. The lowest BCUT2D eigenvalue weighted by molar-refractivity contribution is 0.0974. The van der Waals surface area contributed by atoms with E-state index in [-0.39, 0.29) is 5.91 Å². The lowest BCUT2D eigenvalue weighted by atomic mass is 10.1. The second-order valence-electron chi connectivity index (χ2n) is 9.50. The van der Waals surface area contributed by atoms with E-state index in [1.807, 2.05) is 63.2 Å². The Kier molecular flexibility index (Phi) is 7.16. The molecule has 0 saturated heterocycles. The zero-order chi connectivity index (χ0) is 26.0. The largest absolute Gasteiger partial charge is 0.440 e. The zero-order valence-electron chi connectivity index (χ0n) is 21.2. The number of benzene rings is 1. The number of amides is 2. The van der Waals surface area contributed by atoms with E-state index in [0.29, 0.717) is 35.3 Å². The summed E-state index contributed by atoms with van der Waals surface area (Å²) in [5.41, 5.74) is 2.00. The Morgan fingerprint density at radius 1 is 1.22 bits per heavy atom. The molecule has 3 heterocycles. The summed E-state index contributed by atoms with van der Waals surface area (Å²) in [7, 11) is 1.92. The molecule has 4 rings (SSSR count). The van der Waals surface area contributed by atoms with Gasteiger partial charge in [-0.2, -0.15) is 0 Å². The Morgan fingerprint density at radius 2 is 1.97 bits per heavy atom. The van der Waals surface area contributed by atoms with Crippen LogP contribution in [0.25, 0.3) is 5.69 Å². The van der Waals surface area contributed by atoms with Crippen LogP contribution in [0.1, 0.15) is 49.9 Å². The van der Waals surface area contributed by atoms with Crippen molar-refractivity contribution < 1.29 is 14.3 Å². The molecule has 0 bridgehead atoms. The van der Waals surface area contributed by atoms with Crippen LogP contribution in [0.15, 0.2) is 41.8 Å². The molecular weight excluding hydrogens is 480 g/mol. The van der Waals surface area contributed by atoms with Crippen molar-refractivity contribution in [2.45, 2.75) is 44.5 Å². The van der Waals surface area contributed by atoms with Crippen LogP contribution in [-0.4, -0.2) is 68.9 Å². The van der Waals surface area contributed by atoms with Gasteiger partial charge in [-0.05, 0) is 52.1 Å². The van der Waals surface area contributed by atoms with Crippen LogP contribution in [-0.2, 0) is 4.74 Å². The van der Waals surface area contributed by atoms with Gasteiger partial charge in [-0.3, -0.25) is 4.79 Å². The van der Waals surface area contributed by atoms with Crippen molar-refractivity contribution in [2.75, 3.05) is 36.2 Å². The normalized spacial score (nSPS) is 14.8. The average Bonchev–Trinajstić information content (AvgIpc) is 3.29. The molecule has 1 aliphatic heterocycles. The van der Waals surface area contributed by atoms with Gasteiger partial charge in [0.05, 0.1) is 11.9 Å². The van der Waals surface area contributed by atoms with E-state index in [9.17, 15) is 9.59 Å². The Morgan fingerprint density at radius 3 is 2.69 bits per heavy atom. The van der Waals surface area contributed by atoms with E-state index in [1.54, 1.807) is 28.9 Å². The molecule has 1 atom stereocenters. The molecule has 1 aromatic carbocycles. The predicted octanol–water partition coefficient (Wildman–Crippen LogP) is 3.46. The molecule has 12 heteroatoms. The van der Waals surface area contributed by atoms with Gasteiger partial charge in [-0.15, -0.1) is 5.10 Å². The van der Waals surface area contributed by atoms with Gasteiger partial charge in [0.15, 0.2) is 5.16 Å².